The van der Waals surface area contributed by atoms with Crippen LogP contribution < -0.4 is 9.47 Å². The molecule has 0 saturated carbocycles. The molecular weight excluding hydrogens is 458 g/mol. The predicted octanol–water partition coefficient (Wildman–Crippen LogP) is 5.54. The Morgan fingerprint density at radius 3 is 2.52 bits per heavy atom. The molecule has 0 saturated heterocycles. The van der Waals surface area contributed by atoms with Crippen LogP contribution in [0.5, 0.6) is 11.5 Å². The second-order valence-corrected chi connectivity index (χ2v) is 8.58. The van der Waals surface area contributed by atoms with Gasteiger partial charge in [-0.3, -0.25) is 4.57 Å². The zero-order valence-corrected chi connectivity index (χ0v) is 19.5. The Morgan fingerprint density at radius 2 is 1.73 bits per heavy atom. The van der Waals surface area contributed by atoms with Crippen LogP contribution in [0.4, 0.5) is 0 Å². The van der Waals surface area contributed by atoms with Crippen LogP contribution in [0.25, 0.3) is 22.7 Å². The van der Waals surface area contributed by atoms with Gasteiger partial charge >= 0.3 is 0 Å². The van der Waals surface area contributed by atoms with E-state index in [9.17, 15) is 0 Å². The maximum Gasteiger partial charge on any atom is 0.196 e. The number of imidazole rings is 1. The Balaban J connectivity index is 1.52. The molecule has 0 fully saturated rings. The summed E-state index contributed by atoms with van der Waals surface area (Å²) in [6.07, 6.45) is 3.82. The summed E-state index contributed by atoms with van der Waals surface area (Å²) in [4.78, 5) is 4.67. The van der Waals surface area contributed by atoms with Crippen LogP contribution in [0.15, 0.2) is 78.2 Å². The second kappa shape index (κ2) is 9.17. The summed E-state index contributed by atoms with van der Waals surface area (Å²) in [5.74, 6) is 2.90. The largest absolute Gasteiger partial charge is 0.497 e. The summed E-state index contributed by atoms with van der Waals surface area (Å²) in [6.45, 7) is 0. The van der Waals surface area contributed by atoms with E-state index in [1.165, 1.54) is 0 Å². The number of aromatic nitrogens is 5. The predicted molar refractivity (Wildman–Crippen MR) is 130 cm³/mol. The summed E-state index contributed by atoms with van der Waals surface area (Å²) in [6, 6.07) is 19.3. The number of methoxy groups -OCH3 is 2. The molecule has 0 bridgehead atoms. The van der Waals surface area contributed by atoms with Crippen molar-refractivity contribution in [1.82, 2.24) is 24.1 Å². The van der Waals surface area contributed by atoms with Crippen molar-refractivity contribution in [2.75, 3.05) is 14.2 Å². The number of thioether (sulfide) groups is 1. The molecule has 0 N–H and O–H groups in total. The summed E-state index contributed by atoms with van der Waals surface area (Å²) in [5, 5.41) is 10.4. The molecule has 166 valence electrons. The minimum absolute atomic E-state index is 0.631. The average Bonchev–Trinajstić information content (AvgIpc) is 3.46. The van der Waals surface area contributed by atoms with Gasteiger partial charge in [0.25, 0.3) is 0 Å². The first-order chi connectivity index (χ1) is 16.1. The second-order valence-electron chi connectivity index (χ2n) is 7.21. The van der Waals surface area contributed by atoms with Crippen molar-refractivity contribution in [2.24, 2.45) is 0 Å². The van der Waals surface area contributed by atoms with Gasteiger partial charge in [0.1, 0.15) is 17.1 Å². The van der Waals surface area contributed by atoms with Gasteiger partial charge in [-0.15, -0.1) is 10.2 Å². The van der Waals surface area contributed by atoms with Crippen LogP contribution in [0.2, 0.25) is 5.02 Å². The third-order valence-electron chi connectivity index (χ3n) is 5.11. The van der Waals surface area contributed by atoms with E-state index in [0.717, 1.165) is 45.1 Å². The van der Waals surface area contributed by atoms with E-state index in [2.05, 4.69) is 15.2 Å². The average molecular weight is 478 g/mol. The maximum atomic E-state index is 6.10. The number of pyridine rings is 1. The fourth-order valence-corrected chi connectivity index (χ4v) is 4.51. The van der Waals surface area contributed by atoms with E-state index in [4.69, 9.17) is 21.1 Å². The Morgan fingerprint density at radius 1 is 0.909 bits per heavy atom. The Hall–Kier alpha value is -3.49. The number of ether oxygens (including phenoxy) is 2. The number of nitrogens with zero attached hydrogens (tertiary/aromatic N) is 5. The summed E-state index contributed by atoms with van der Waals surface area (Å²) >= 11 is 7.67. The highest BCUT2D eigenvalue weighted by Gasteiger charge is 2.17. The SMILES string of the molecule is COc1ccc(-n2c(SCc3cn4cc(Cl)ccc4n3)nnc2-c2cccc(OC)c2)cc1. The molecule has 9 heteroatoms. The maximum absolute atomic E-state index is 6.10. The molecule has 3 aromatic heterocycles. The number of hydrogen-bond donors (Lipinski definition) is 0. The molecule has 0 aliphatic carbocycles. The quantitative estimate of drug-likeness (QED) is 0.286. The van der Waals surface area contributed by atoms with Crippen molar-refractivity contribution in [1.29, 1.82) is 0 Å². The van der Waals surface area contributed by atoms with E-state index >= 15 is 0 Å². The van der Waals surface area contributed by atoms with Gasteiger partial charge in [-0.25, -0.2) is 4.98 Å². The number of benzene rings is 2. The van der Waals surface area contributed by atoms with Crippen LogP contribution in [-0.4, -0.2) is 38.4 Å². The van der Waals surface area contributed by atoms with E-state index < -0.39 is 0 Å². The van der Waals surface area contributed by atoms with Crippen molar-refractivity contribution in [3.8, 4) is 28.6 Å². The Kier molecular flexibility index (Phi) is 5.93. The highest BCUT2D eigenvalue weighted by Crippen LogP contribution is 2.31. The molecule has 0 unspecified atom stereocenters. The van der Waals surface area contributed by atoms with Crippen LogP contribution >= 0.6 is 23.4 Å². The summed E-state index contributed by atoms with van der Waals surface area (Å²) in [7, 11) is 3.30. The van der Waals surface area contributed by atoms with Gasteiger partial charge < -0.3 is 13.9 Å². The summed E-state index contributed by atoms with van der Waals surface area (Å²) in [5.41, 5.74) is 3.62. The van der Waals surface area contributed by atoms with Gasteiger partial charge in [-0.1, -0.05) is 35.5 Å². The van der Waals surface area contributed by atoms with Crippen molar-refractivity contribution in [3.05, 3.63) is 83.8 Å². The monoisotopic (exact) mass is 477 g/mol. The third kappa shape index (κ3) is 4.40. The molecule has 0 aliphatic heterocycles. The fraction of sp³-hybridized carbons (Fsp3) is 0.125. The Bertz CT molecular complexity index is 1410. The van der Waals surface area contributed by atoms with Gasteiger partial charge in [-0.2, -0.15) is 0 Å². The van der Waals surface area contributed by atoms with E-state index in [1.54, 1.807) is 26.0 Å². The molecule has 0 radical (unpaired) electrons. The van der Waals surface area contributed by atoms with E-state index in [0.29, 0.717) is 10.8 Å². The van der Waals surface area contributed by atoms with Crippen molar-refractivity contribution in [2.45, 2.75) is 10.9 Å². The first kappa shape index (κ1) is 21.4. The summed E-state index contributed by atoms with van der Waals surface area (Å²) < 4.78 is 14.7. The third-order valence-corrected chi connectivity index (χ3v) is 6.29. The first-order valence-electron chi connectivity index (χ1n) is 10.1. The molecule has 5 aromatic rings. The zero-order chi connectivity index (χ0) is 22.8. The lowest BCUT2D eigenvalue weighted by Crippen LogP contribution is -2.00. The smallest absolute Gasteiger partial charge is 0.196 e. The number of hydrogen-bond acceptors (Lipinski definition) is 6. The lowest BCUT2D eigenvalue weighted by Gasteiger charge is -2.11. The standard InChI is InChI=1S/C24H20ClN5O2S/c1-31-20-9-7-19(8-10-20)30-23(16-4-3-5-21(12-16)32-2)27-28-24(30)33-15-18-14-29-13-17(25)6-11-22(29)26-18/h3-14H,15H2,1-2H3. The van der Waals surface area contributed by atoms with Gasteiger partial charge in [0.05, 0.1) is 24.9 Å². The highest BCUT2D eigenvalue weighted by molar-refractivity contribution is 7.98. The molecule has 0 atom stereocenters. The minimum atomic E-state index is 0.631. The zero-order valence-electron chi connectivity index (χ0n) is 18.0. The molecule has 0 amide bonds. The van der Waals surface area contributed by atoms with Crippen molar-refractivity contribution >= 4 is 29.0 Å². The molecule has 5 rings (SSSR count). The van der Waals surface area contributed by atoms with E-state index in [-0.39, 0.29) is 0 Å². The number of fused-ring (bicyclic) bond motifs is 1. The van der Waals surface area contributed by atoms with Crippen molar-refractivity contribution < 1.29 is 9.47 Å². The molecule has 7 nitrogen and oxygen atoms in total. The van der Waals surface area contributed by atoms with Gasteiger partial charge in [0.2, 0.25) is 0 Å². The van der Waals surface area contributed by atoms with Gasteiger partial charge in [0, 0.05) is 29.4 Å². The number of rotatable bonds is 7. The topological polar surface area (TPSA) is 66.5 Å². The molecule has 0 aliphatic rings. The van der Waals surface area contributed by atoms with Gasteiger partial charge in [0.15, 0.2) is 11.0 Å². The minimum Gasteiger partial charge on any atom is -0.497 e. The lowest BCUT2D eigenvalue weighted by atomic mass is 10.2. The Labute approximate surface area is 200 Å². The highest BCUT2D eigenvalue weighted by atomic mass is 35.5. The fourth-order valence-electron chi connectivity index (χ4n) is 3.50. The normalized spacial score (nSPS) is 11.1. The van der Waals surface area contributed by atoms with E-state index in [1.807, 2.05) is 82.0 Å². The van der Waals surface area contributed by atoms with Crippen LogP contribution in [0.3, 0.4) is 0 Å². The molecule has 0 spiro atoms. The van der Waals surface area contributed by atoms with Crippen LogP contribution in [0.1, 0.15) is 5.69 Å². The first-order valence-corrected chi connectivity index (χ1v) is 11.5. The van der Waals surface area contributed by atoms with Crippen molar-refractivity contribution in [3.63, 3.8) is 0 Å². The molecule has 3 heterocycles. The number of halogens is 1. The van der Waals surface area contributed by atoms with Crippen LogP contribution in [-0.2, 0) is 5.75 Å². The molecule has 2 aromatic carbocycles. The molecular formula is C24H20ClN5O2S. The molecule has 33 heavy (non-hydrogen) atoms. The lowest BCUT2D eigenvalue weighted by molar-refractivity contribution is 0.414. The van der Waals surface area contributed by atoms with Gasteiger partial charge in [-0.05, 0) is 48.5 Å². The van der Waals surface area contributed by atoms with Crippen LogP contribution in [0, 0.1) is 0 Å².